The largest absolute Gasteiger partial charge is 0.497 e. The number of ether oxygens (including phenoxy) is 2. The Kier molecular flexibility index (Phi) is 4.95. The zero-order valence-corrected chi connectivity index (χ0v) is 9.87. The van der Waals surface area contributed by atoms with Crippen molar-refractivity contribution in [2.24, 2.45) is 0 Å². The second-order valence-electron chi connectivity index (χ2n) is 3.46. The average Bonchev–Trinajstić information content (AvgIpc) is 2.29. The SMILES string of the molecule is CNCC(=O)c1cc(COC)cc(OC)c1. The number of likely N-dealkylation sites (N-methyl/N-ethyl adjacent to an activating group) is 1. The molecule has 0 fully saturated rings. The number of methoxy groups -OCH3 is 2. The molecule has 1 aromatic carbocycles. The summed E-state index contributed by atoms with van der Waals surface area (Å²) < 4.78 is 10.2. The molecule has 4 nitrogen and oxygen atoms in total. The number of Topliss-reactive ketones (excluding diaryl/α,β-unsaturated/α-hetero) is 1. The van der Waals surface area contributed by atoms with Crippen molar-refractivity contribution in [3.8, 4) is 5.75 Å². The average molecular weight is 223 g/mol. The summed E-state index contributed by atoms with van der Waals surface area (Å²) in [7, 11) is 4.95. The van der Waals surface area contributed by atoms with Gasteiger partial charge in [0, 0.05) is 12.7 Å². The van der Waals surface area contributed by atoms with Gasteiger partial charge in [0.05, 0.1) is 20.3 Å². The predicted molar refractivity (Wildman–Crippen MR) is 62.0 cm³/mol. The molecular weight excluding hydrogens is 206 g/mol. The quantitative estimate of drug-likeness (QED) is 0.737. The van der Waals surface area contributed by atoms with Gasteiger partial charge in [-0.3, -0.25) is 4.79 Å². The number of rotatable bonds is 6. The summed E-state index contributed by atoms with van der Waals surface area (Å²) >= 11 is 0. The van der Waals surface area contributed by atoms with Crippen molar-refractivity contribution in [2.45, 2.75) is 6.61 Å². The first-order valence-electron chi connectivity index (χ1n) is 5.06. The highest BCUT2D eigenvalue weighted by atomic mass is 16.5. The molecule has 0 spiro atoms. The molecule has 0 aliphatic carbocycles. The van der Waals surface area contributed by atoms with Gasteiger partial charge in [-0.1, -0.05) is 0 Å². The van der Waals surface area contributed by atoms with Gasteiger partial charge in [0.25, 0.3) is 0 Å². The van der Waals surface area contributed by atoms with Gasteiger partial charge in [-0.2, -0.15) is 0 Å². The maximum atomic E-state index is 11.7. The van der Waals surface area contributed by atoms with Crippen LogP contribution in [0.25, 0.3) is 0 Å². The van der Waals surface area contributed by atoms with Crippen LogP contribution in [0.3, 0.4) is 0 Å². The van der Waals surface area contributed by atoms with Gasteiger partial charge in [-0.25, -0.2) is 0 Å². The van der Waals surface area contributed by atoms with Crippen LogP contribution in [0.1, 0.15) is 15.9 Å². The molecule has 1 N–H and O–H groups in total. The summed E-state index contributed by atoms with van der Waals surface area (Å²) in [6.45, 7) is 0.788. The summed E-state index contributed by atoms with van der Waals surface area (Å²) in [5.41, 5.74) is 1.57. The van der Waals surface area contributed by atoms with E-state index in [2.05, 4.69) is 5.32 Å². The smallest absolute Gasteiger partial charge is 0.176 e. The van der Waals surface area contributed by atoms with Gasteiger partial charge in [0.15, 0.2) is 5.78 Å². The third-order valence-electron chi connectivity index (χ3n) is 2.17. The van der Waals surface area contributed by atoms with E-state index in [0.29, 0.717) is 24.5 Å². The van der Waals surface area contributed by atoms with Crippen molar-refractivity contribution >= 4 is 5.78 Å². The molecule has 0 unspecified atom stereocenters. The summed E-state index contributed by atoms with van der Waals surface area (Å²) in [5.74, 6) is 0.716. The number of benzene rings is 1. The monoisotopic (exact) mass is 223 g/mol. The fraction of sp³-hybridized carbons (Fsp3) is 0.417. The lowest BCUT2D eigenvalue weighted by atomic mass is 10.1. The van der Waals surface area contributed by atoms with Gasteiger partial charge in [-0.15, -0.1) is 0 Å². The van der Waals surface area contributed by atoms with Crippen molar-refractivity contribution in [2.75, 3.05) is 27.8 Å². The zero-order valence-electron chi connectivity index (χ0n) is 9.87. The molecular formula is C12H17NO3. The van der Waals surface area contributed by atoms with Gasteiger partial charge >= 0.3 is 0 Å². The van der Waals surface area contributed by atoms with Crippen molar-refractivity contribution in [3.63, 3.8) is 0 Å². The van der Waals surface area contributed by atoms with E-state index in [0.717, 1.165) is 5.56 Å². The van der Waals surface area contributed by atoms with Crippen LogP contribution in [0.5, 0.6) is 5.75 Å². The zero-order chi connectivity index (χ0) is 12.0. The van der Waals surface area contributed by atoms with E-state index >= 15 is 0 Å². The lowest BCUT2D eigenvalue weighted by molar-refractivity contribution is 0.0993. The normalized spacial score (nSPS) is 10.2. The molecule has 0 aliphatic heterocycles. The molecule has 0 atom stereocenters. The molecule has 0 aromatic heterocycles. The Morgan fingerprint density at radius 1 is 1.31 bits per heavy atom. The number of hydrogen-bond acceptors (Lipinski definition) is 4. The molecule has 4 heteroatoms. The third kappa shape index (κ3) is 3.32. The van der Waals surface area contributed by atoms with Crippen LogP contribution < -0.4 is 10.1 Å². The van der Waals surface area contributed by atoms with Crippen molar-refractivity contribution in [1.29, 1.82) is 0 Å². The van der Waals surface area contributed by atoms with Crippen molar-refractivity contribution in [3.05, 3.63) is 29.3 Å². The topological polar surface area (TPSA) is 47.6 Å². The van der Waals surface area contributed by atoms with E-state index in [1.165, 1.54) is 0 Å². The minimum absolute atomic E-state index is 0.0405. The molecule has 16 heavy (non-hydrogen) atoms. The highest BCUT2D eigenvalue weighted by Crippen LogP contribution is 2.18. The number of nitrogens with one attached hydrogen (secondary N) is 1. The summed E-state index contributed by atoms with van der Waals surface area (Å²) in [5, 5.41) is 2.83. The maximum Gasteiger partial charge on any atom is 0.176 e. The fourth-order valence-electron chi connectivity index (χ4n) is 1.45. The first kappa shape index (κ1) is 12.7. The summed E-state index contributed by atoms with van der Waals surface area (Å²) in [4.78, 5) is 11.7. The summed E-state index contributed by atoms with van der Waals surface area (Å²) in [6.07, 6.45) is 0. The first-order valence-corrected chi connectivity index (χ1v) is 5.06. The van der Waals surface area contributed by atoms with E-state index in [1.807, 2.05) is 12.1 Å². The molecule has 1 aromatic rings. The molecule has 0 saturated heterocycles. The van der Waals surface area contributed by atoms with Gasteiger partial charge in [-0.05, 0) is 30.8 Å². The Labute approximate surface area is 95.6 Å². The first-order chi connectivity index (χ1) is 7.71. The second kappa shape index (κ2) is 6.25. The third-order valence-corrected chi connectivity index (χ3v) is 2.17. The summed E-state index contributed by atoms with van der Waals surface area (Å²) in [6, 6.07) is 5.42. The molecule has 0 heterocycles. The van der Waals surface area contributed by atoms with E-state index in [9.17, 15) is 4.79 Å². The molecule has 1 rings (SSSR count). The maximum absolute atomic E-state index is 11.7. The van der Waals surface area contributed by atoms with E-state index in [4.69, 9.17) is 9.47 Å². The molecule has 0 aliphatic rings. The van der Waals surface area contributed by atoms with E-state index < -0.39 is 0 Å². The highest BCUT2D eigenvalue weighted by Gasteiger charge is 2.08. The number of ketones is 1. The van der Waals surface area contributed by atoms with Crippen molar-refractivity contribution in [1.82, 2.24) is 5.32 Å². The van der Waals surface area contributed by atoms with Crippen LogP contribution in [0.4, 0.5) is 0 Å². The van der Waals surface area contributed by atoms with Gasteiger partial charge in [0.2, 0.25) is 0 Å². The van der Waals surface area contributed by atoms with Crippen LogP contribution in [0.15, 0.2) is 18.2 Å². The van der Waals surface area contributed by atoms with Gasteiger partial charge < -0.3 is 14.8 Å². The van der Waals surface area contributed by atoms with Crippen LogP contribution in [0.2, 0.25) is 0 Å². The molecule has 88 valence electrons. The standard InChI is InChI=1S/C12H17NO3/c1-13-7-12(14)10-4-9(8-15-2)5-11(6-10)16-3/h4-6,13H,7-8H2,1-3H3. The Hall–Kier alpha value is -1.39. The molecule has 0 bridgehead atoms. The Morgan fingerprint density at radius 3 is 2.62 bits per heavy atom. The Bertz CT molecular complexity index is 363. The van der Waals surface area contributed by atoms with Crippen LogP contribution in [-0.4, -0.2) is 33.6 Å². The van der Waals surface area contributed by atoms with Crippen LogP contribution in [0, 0.1) is 0 Å². The lowest BCUT2D eigenvalue weighted by Gasteiger charge is -2.08. The minimum atomic E-state index is 0.0405. The number of hydrogen-bond donors (Lipinski definition) is 1. The predicted octanol–water partition coefficient (Wildman–Crippen LogP) is 1.24. The number of carbonyl (C=O) groups excluding carboxylic acids is 1. The molecule has 0 radical (unpaired) electrons. The fourth-order valence-corrected chi connectivity index (χ4v) is 1.45. The second-order valence-corrected chi connectivity index (χ2v) is 3.46. The van der Waals surface area contributed by atoms with Crippen LogP contribution in [-0.2, 0) is 11.3 Å². The Balaban J connectivity index is 2.98. The van der Waals surface area contributed by atoms with E-state index in [-0.39, 0.29) is 5.78 Å². The minimum Gasteiger partial charge on any atom is -0.497 e. The van der Waals surface area contributed by atoms with Gasteiger partial charge in [0.1, 0.15) is 5.75 Å². The van der Waals surface area contributed by atoms with E-state index in [1.54, 1.807) is 27.3 Å². The van der Waals surface area contributed by atoms with Crippen LogP contribution >= 0.6 is 0 Å². The highest BCUT2D eigenvalue weighted by molar-refractivity contribution is 5.98. The molecule has 0 amide bonds. The Morgan fingerprint density at radius 2 is 2.06 bits per heavy atom. The lowest BCUT2D eigenvalue weighted by Crippen LogP contribution is -2.18. The van der Waals surface area contributed by atoms with Crippen molar-refractivity contribution < 1.29 is 14.3 Å². The molecule has 0 saturated carbocycles. The number of carbonyl (C=O) groups is 1.